The Balaban J connectivity index is 2.94. The van der Waals surface area contributed by atoms with Crippen molar-refractivity contribution in [2.45, 2.75) is 44.2 Å². The molecule has 1 aromatic carbocycles. The summed E-state index contributed by atoms with van der Waals surface area (Å²) >= 11 is 0. The lowest BCUT2D eigenvalue weighted by molar-refractivity contribution is 0.344. The first kappa shape index (κ1) is 19.1. The van der Waals surface area contributed by atoms with E-state index in [0.29, 0.717) is 12.3 Å². The van der Waals surface area contributed by atoms with Crippen LogP contribution in [-0.2, 0) is 16.6 Å². The lowest BCUT2D eigenvalue weighted by Gasteiger charge is -2.30. The molecule has 0 saturated carbocycles. The quantitative estimate of drug-likeness (QED) is 0.763. The van der Waals surface area contributed by atoms with Crippen molar-refractivity contribution in [2.75, 3.05) is 20.6 Å². The standard InChI is InChI=1S/C16H29N3O2S/c1-13(2)10-16(3,12-17)18-22(20,21)15-8-6-14(7-9-15)11-19(4)5/h6-9,13,18H,10-12,17H2,1-5H3. The molecule has 0 aliphatic carbocycles. The molecule has 1 rings (SSSR count). The summed E-state index contributed by atoms with van der Waals surface area (Å²) in [6.45, 7) is 7.01. The Morgan fingerprint density at radius 1 is 1.23 bits per heavy atom. The van der Waals surface area contributed by atoms with Gasteiger partial charge in [-0.2, -0.15) is 0 Å². The van der Waals surface area contributed by atoms with E-state index in [-0.39, 0.29) is 11.4 Å². The van der Waals surface area contributed by atoms with Crippen LogP contribution in [0, 0.1) is 5.92 Å². The fourth-order valence-electron chi connectivity index (χ4n) is 2.59. The van der Waals surface area contributed by atoms with Gasteiger partial charge in [0, 0.05) is 18.6 Å². The van der Waals surface area contributed by atoms with E-state index in [4.69, 9.17) is 5.73 Å². The third-order valence-electron chi connectivity index (χ3n) is 3.42. The summed E-state index contributed by atoms with van der Waals surface area (Å²) in [5.41, 5.74) is 6.23. The van der Waals surface area contributed by atoms with Gasteiger partial charge in [-0.3, -0.25) is 0 Å². The van der Waals surface area contributed by atoms with Gasteiger partial charge >= 0.3 is 0 Å². The summed E-state index contributed by atoms with van der Waals surface area (Å²) in [6, 6.07) is 6.98. The molecule has 0 bridgehead atoms. The van der Waals surface area contributed by atoms with Crippen molar-refractivity contribution in [3.63, 3.8) is 0 Å². The molecule has 0 heterocycles. The Bertz CT molecular complexity index is 568. The van der Waals surface area contributed by atoms with E-state index in [0.717, 1.165) is 12.1 Å². The molecule has 126 valence electrons. The predicted octanol–water partition coefficient (Wildman–Crippen LogP) is 1.79. The normalized spacial score (nSPS) is 15.3. The van der Waals surface area contributed by atoms with Gasteiger partial charge < -0.3 is 10.6 Å². The third-order valence-corrected chi connectivity index (χ3v) is 5.08. The van der Waals surface area contributed by atoms with E-state index < -0.39 is 15.6 Å². The van der Waals surface area contributed by atoms with Crippen molar-refractivity contribution >= 4 is 10.0 Å². The summed E-state index contributed by atoms with van der Waals surface area (Å²) in [5, 5.41) is 0. The monoisotopic (exact) mass is 327 g/mol. The summed E-state index contributed by atoms with van der Waals surface area (Å²) < 4.78 is 27.9. The molecule has 22 heavy (non-hydrogen) atoms. The first-order valence-corrected chi connectivity index (χ1v) is 9.04. The summed E-state index contributed by atoms with van der Waals surface area (Å²) in [4.78, 5) is 2.31. The van der Waals surface area contributed by atoms with E-state index in [1.54, 1.807) is 12.1 Å². The SMILES string of the molecule is CC(C)CC(C)(CN)NS(=O)(=O)c1ccc(CN(C)C)cc1. The zero-order valence-corrected chi connectivity index (χ0v) is 15.1. The lowest BCUT2D eigenvalue weighted by atomic mass is 9.92. The molecule has 0 aliphatic rings. The lowest BCUT2D eigenvalue weighted by Crippen LogP contribution is -2.51. The fraction of sp³-hybridized carbons (Fsp3) is 0.625. The molecular weight excluding hydrogens is 298 g/mol. The molecule has 0 spiro atoms. The zero-order valence-electron chi connectivity index (χ0n) is 14.3. The molecule has 0 aromatic heterocycles. The van der Waals surface area contributed by atoms with E-state index >= 15 is 0 Å². The van der Waals surface area contributed by atoms with Crippen LogP contribution in [0.15, 0.2) is 29.2 Å². The number of nitrogens with one attached hydrogen (secondary N) is 1. The molecule has 5 nitrogen and oxygen atoms in total. The predicted molar refractivity (Wildman–Crippen MR) is 91.1 cm³/mol. The molecule has 0 radical (unpaired) electrons. The zero-order chi connectivity index (χ0) is 17.0. The van der Waals surface area contributed by atoms with Crippen molar-refractivity contribution in [3.05, 3.63) is 29.8 Å². The fourth-order valence-corrected chi connectivity index (χ4v) is 4.02. The molecule has 0 saturated heterocycles. The topological polar surface area (TPSA) is 75.4 Å². The highest BCUT2D eigenvalue weighted by atomic mass is 32.2. The van der Waals surface area contributed by atoms with Gasteiger partial charge in [-0.05, 0) is 51.1 Å². The van der Waals surface area contributed by atoms with Gasteiger partial charge in [-0.15, -0.1) is 0 Å². The molecule has 1 atom stereocenters. The summed E-state index contributed by atoms with van der Waals surface area (Å²) in [7, 11) is 0.389. The van der Waals surface area contributed by atoms with E-state index in [9.17, 15) is 8.42 Å². The molecule has 3 N–H and O–H groups in total. The maximum Gasteiger partial charge on any atom is 0.241 e. The second-order valence-corrected chi connectivity index (χ2v) is 8.53. The molecule has 6 heteroatoms. The number of rotatable bonds is 8. The first-order chi connectivity index (χ1) is 10.1. The van der Waals surface area contributed by atoms with Gasteiger partial charge in [0.05, 0.1) is 4.90 Å². The Kier molecular flexibility index (Phi) is 6.55. The highest BCUT2D eigenvalue weighted by Gasteiger charge is 2.30. The Morgan fingerprint density at radius 2 is 1.77 bits per heavy atom. The largest absolute Gasteiger partial charge is 0.329 e. The van der Waals surface area contributed by atoms with Crippen molar-refractivity contribution in [2.24, 2.45) is 11.7 Å². The smallest absolute Gasteiger partial charge is 0.241 e. The highest BCUT2D eigenvalue weighted by molar-refractivity contribution is 7.89. The second-order valence-electron chi connectivity index (χ2n) is 6.85. The van der Waals surface area contributed by atoms with Gasteiger partial charge in [0.15, 0.2) is 0 Å². The number of sulfonamides is 1. The van der Waals surface area contributed by atoms with Crippen LogP contribution in [0.1, 0.15) is 32.8 Å². The molecule has 0 amide bonds. The molecule has 1 aromatic rings. The second kappa shape index (κ2) is 7.55. The Labute approximate surface area is 134 Å². The van der Waals surface area contributed by atoms with Gasteiger partial charge in [-0.1, -0.05) is 26.0 Å². The van der Waals surface area contributed by atoms with Crippen molar-refractivity contribution in [1.82, 2.24) is 9.62 Å². The van der Waals surface area contributed by atoms with E-state index in [1.165, 1.54) is 0 Å². The van der Waals surface area contributed by atoms with Gasteiger partial charge in [-0.25, -0.2) is 13.1 Å². The number of nitrogens with zero attached hydrogens (tertiary/aromatic N) is 1. The van der Waals surface area contributed by atoms with E-state index in [2.05, 4.69) is 18.6 Å². The van der Waals surface area contributed by atoms with Gasteiger partial charge in [0.1, 0.15) is 0 Å². The average molecular weight is 327 g/mol. The van der Waals surface area contributed by atoms with Crippen LogP contribution in [0.3, 0.4) is 0 Å². The van der Waals surface area contributed by atoms with Gasteiger partial charge in [0.25, 0.3) is 0 Å². The molecule has 0 aliphatic heterocycles. The molecule has 1 unspecified atom stereocenters. The minimum atomic E-state index is -3.56. The van der Waals surface area contributed by atoms with Crippen LogP contribution in [-0.4, -0.2) is 39.5 Å². The maximum atomic E-state index is 12.5. The van der Waals surface area contributed by atoms with Gasteiger partial charge in [0.2, 0.25) is 10.0 Å². The minimum Gasteiger partial charge on any atom is -0.329 e. The minimum absolute atomic E-state index is 0.267. The molecule has 0 fully saturated rings. The number of benzene rings is 1. The van der Waals surface area contributed by atoms with Crippen molar-refractivity contribution in [1.29, 1.82) is 0 Å². The Morgan fingerprint density at radius 3 is 2.18 bits per heavy atom. The summed E-state index contributed by atoms with van der Waals surface area (Å²) in [6.07, 6.45) is 0.696. The maximum absolute atomic E-state index is 12.5. The molecular formula is C16H29N3O2S. The highest BCUT2D eigenvalue weighted by Crippen LogP contribution is 2.20. The number of hydrogen-bond acceptors (Lipinski definition) is 4. The summed E-state index contributed by atoms with van der Waals surface area (Å²) in [5.74, 6) is 0.360. The average Bonchev–Trinajstić information content (AvgIpc) is 2.37. The number of nitrogens with two attached hydrogens (primary N) is 1. The van der Waals surface area contributed by atoms with Crippen LogP contribution in [0.5, 0.6) is 0 Å². The van der Waals surface area contributed by atoms with Crippen LogP contribution < -0.4 is 10.5 Å². The third kappa shape index (κ3) is 5.68. The Hall–Kier alpha value is -0.950. The number of hydrogen-bond donors (Lipinski definition) is 2. The van der Waals surface area contributed by atoms with Crippen LogP contribution >= 0.6 is 0 Å². The van der Waals surface area contributed by atoms with E-state index in [1.807, 2.05) is 38.1 Å². The van der Waals surface area contributed by atoms with Crippen LogP contribution in [0.25, 0.3) is 0 Å². The van der Waals surface area contributed by atoms with Crippen LogP contribution in [0.4, 0.5) is 0 Å². The van der Waals surface area contributed by atoms with Crippen molar-refractivity contribution < 1.29 is 8.42 Å². The van der Waals surface area contributed by atoms with Crippen LogP contribution in [0.2, 0.25) is 0 Å². The first-order valence-electron chi connectivity index (χ1n) is 7.56. The van der Waals surface area contributed by atoms with Crippen molar-refractivity contribution in [3.8, 4) is 0 Å².